The highest BCUT2D eigenvalue weighted by molar-refractivity contribution is 5.85. The van der Waals surface area contributed by atoms with Crippen molar-refractivity contribution in [1.82, 2.24) is 0 Å². The van der Waals surface area contributed by atoms with Crippen LogP contribution in [0.1, 0.15) is 5.56 Å². The van der Waals surface area contributed by atoms with E-state index in [4.69, 9.17) is 20.3 Å². The van der Waals surface area contributed by atoms with Crippen molar-refractivity contribution in [3.05, 3.63) is 48.6 Å². The van der Waals surface area contributed by atoms with Crippen molar-refractivity contribution >= 4 is 24.3 Å². The predicted octanol–water partition coefficient (Wildman–Crippen LogP) is 1.13. The van der Waals surface area contributed by atoms with Crippen molar-refractivity contribution in [2.24, 2.45) is 5.73 Å². The standard InChI is InChI=1S/C14H17NO5.ClH/c1-2-8-19-14(18)11(15)12(13(16)17)20-9-10-6-4-3-5-7-10;/h2-7,11-12H,1,8-9,15H2,(H,16,17);1H/t11-,12?;/m0./s1. The predicted molar refractivity (Wildman–Crippen MR) is 79.0 cm³/mol. The van der Waals surface area contributed by atoms with Crippen molar-refractivity contribution in [2.75, 3.05) is 6.61 Å². The zero-order chi connectivity index (χ0) is 15.0. The van der Waals surface area contributed by atoms with Crippen LogP contribution in [-0.4, -0.2) is 35.8 Å². The van der Waals surface area contributed by atoms with Crippen molar-refractivity contribution < 1.29 is 24.2 Å². The maximum atomic E-state index is 11.5. The second kappa shape index (κ2) is 9.93. The molecule has 0 aliphatic heterocycles. The molecule has 0 aliphatic rings. The molecule has 1 aromatic rings. The number of nitrogens with two attached hydrogens (primary N) is 1. The molecule has 1 aromatic carbocycles. The molecule has 116 valence electrons. The molecule has 0 aromatic heterocycles. The number of hydrogen-bond donors (Lipinski definition) is 2. The number of carbonyl (C=O) groups is 2. The monoisotopic (exact) mass is 315 g/mol. The number of esters is 1. The van der Waals surface area contributed by atoms with Gasteiger partial charge < -0.3 is 20.3 Å². The molecule has 7 heteroatoms. The van der Waals surface area contributed by atoms with Gasteiger partial charge >= 0.3 is 11.9 Å². The third-order valence-electron chi connectivity index (χ3n) is 2.46. The highest BCUT2D eigenvalue weighted by Crippen LogP contribution is 2.07. The van der Waals surface area contributed by atoms with E-state index in [1.54, 1.807) is 24.3 Å². The van der Waals surface area contributed by atoms with Gasteiger partial charge in [0.25, 0.3) is 0 Å². The molecule has 0 saturated heterocycles. The zero-order valence-corrected chi connectivity index (χ0v) is 12.1. The fourth-order valence-electron chi connectivity index (χ4n) is 1.45. The Balaban J connectivity index is 0.00000400. The number of carbonyl (C=O) groups excluding carboxylic acids is 1. The van der Waals surface area contributed by atoms with Gasteiger partial charge in [0.05, 0.1) is 6.61 Å². The van der Waals surface area contributed by atoms with Gasteiger partial charge in [-0.25, -0.2) is 4.79 Å². The van der Waals surface area contributed by atoms with Crippen LogP contribution in [0.2, 0.25) is 0 Å². The number of benzene rings is 1. The minimum Gasteiger partial charge on any atom is -0.479 e. The number of hydrogen-bond acceptors (Lipinski definition) is 5. The first-order valence-electron chi connectivity index (χ1n) is 5.97. The van der Waals surface area contributed by atoms with E-state index in [1.807, 2.05) is 6.07 Å². The largest absolute Gasteiger partial charge is 0.479 e. The summed E-state index contributed by atoms with van der Waals surface area (Å²) in [5, 5.41) is 9.06. The van der Waals surface area contributed by atoms with E-state index >= 15 is 0 Å². The molecule has 0 fully saturated rings. The van der Waals surface area contributed by atoms with Crippen molar-refractivity contribution in [3.8, 4) is 0 Å². The summed E-state index contributed by atoms with van der Waals surface area (Å²) in [5.74, 6) is -2.16. The summed E-state index contributed by atoms with van der Waals surface area (Å²) in [7, 11) is 0. The molecule has 6 nitrogen and oxygen atoms in total. The summed E-state index contributed by atoms with van der Waals surface area (Å²) in [6.07, 6.45) is -0.0990. The number of halogens is 1. The average molecular weight is 316 g/mol. The second-order valence-electron chi connectivity index (χ2n) is 4.00. The first-order chi connectivity index (χ1) is 9.56. The number of carboxylic acids is 1. The Morgan fingerprint density at radius 1 is 1.33 bits per heavy atom. The molecule has 2 atom stereocenters. The minimum absolute atomic E-state index is 0. The summed E-state index contributed by atoms with van der Waals surface area (Å²) in [4.78, 5) is 22.6. The lowest BCUT2D eigenvalue weighted by Crippen LogP contribution is -2.48. The van der Waals surface area contributed by atoms with Gasteiger partial charge in [-0.2, -0.15) is 0 Å². The van der Waals surface area contributed by atoms with Crippen LogP contribution in [0, 0.1) is 0 Å². The van der Waals surface area contributed by atoms with Crippen LogP contribution >= 0.6 is 12.4 Å². The molecule has 0 heterocycles. The van der Waals surface area contributed by atoms with Gasteiger partial charge in [0.1, 0.15) is 12.6 Å². The Morgan fingerprint density at radius 2 is 1.95 bits per heavy atom. The summed E-state index contributed by atoms with van der Waals surface area (Å²) in [5.41, 5.74) is 6.34. The summed E-state index contributed by atoms with van der Waals surface area (Å²) < 4.78 is 9.91. The van der Waals surface area contributed by atoms with Gasteiger partial charge in [-0.15, -0.1) is 12.4 Å². The fourth-order valence-corrected chi connectivity index (χ4v) is 1.45. The molecule has 1 unspecified atom stereocenters. The van der Waals surface area contributed by atoms with Crippen LogP contribution in [0.5, 0.6) is 0 Å². The molecule has 0 aliphatic carbocycles. The molecule has 0 bridgehead atoms. The number of ether oxygens (including phenoxy) is 2. The molecule has 3 N–H and O–H groups in total. The lowest BCUT2D eigenvalue weighted by Gasteiger charge is -2.19. The molecular weight excluding hydrogens is 298 g/mol. The Labute approximate surface area is 128 Å². The van der Waals surface area contributed by atoms with Crippen LogP contribution in [0.3, 0.4) is 0 Å². The number of aliphatic carboxylic acids is 1. The maximum absolute atomic E-state index is 11.5. The van der Waals surface area contributed by atoms with Gasteiger partial charge in [-0.05, 0) is 5.56 Å². The molecule has 0 radical (unpaired) electrons. The number of rotatable bonds is 8. The normalized spacial score (nSPS) is 12.6. The molecule has 1 rings (SSSR count). The number of carboxylic acid groups (broad SMARTS) is 1. The summed E-state index contributed by atoms with van der Waals surface area (Å²) in [6.45, 7) is 3.39. The average Bonchev–Trinajstić information content (AvgIpc) is 2.45. The van der Waals surface area contributed by atoms with Crippen LogP contribution in [0.4, 0.5) is 0 Å². The first-order valence-corrected chi connectivity index (χ1v) is 5.97. The Bertz CT molecular complexity index is 466. The van der Waals surface area contributed by atoms with Gasteiger partial charge in [0.2, 0.25) is 0 Å². The Hall–Kier alpha value is -1.89. The minimum atomic E-state index is -1.47. The lowest BCUT2D eigenvalue weighted by atomic mass is 10.1. The first kappa shape index (κ1) is 19.1. The molecule has 0 amide bonds. The van der Waals surface area contributed by atoms with E-state index in [0.717, 1.165) is 5.56 Å². The summed E-state index contributed by atoms with van der Waals surface area (Å²) in [6, 6.07) is 7.59. The second-order valence-corrected chi connectivity index (χ2v) is 4.00. The van der Waals surface area contributed by atoms with Crippen LogP contribution in [0.25, 0.3) is 0 Å². The molecular formula is C14H18ClNO5. The highest BCUT2D eigenvalue weighted by atomic mass is 35.5. The highest BCUT2D eigenvalue weighted by Gasteiger charge is 2.32. The smallest absolute Gasteiger partial charge is 0.335 e. The Morgan fingerprint density at radius 3 is 2.48 bits per heavy atom. The third-order valence-corrected chi connectivity index (χ3v) is 2.46. The molecule has 0 saturated carbocycles. The van der Waals surface area contributed by atoms with E-state index in [9.17, 15) is 9.59 Å². The van der Waals surface area contributed by atoms with Crippen LogP contribution in [-0.2, 0) is 25.7 Å². The van der Waals surface area contributed by atoms with Gasteiger partial charge in [-0.3, -0.25) is 4.79 Å². The van der Waals surface area contributed by atoms with Crippen LogP contribution in [0.15, 0.2) is 43.0 Å². The summed E-state index contributed by atoms with van der Waals surface area (Å²) >= 11 is 0. The van der Waals surface area contributed by atoms with Crippen molar-refractivity contribution in [2.45, 2.75) is 18.8 Å². The molecule has 0 spiro atoms. The van der Waals surface area contributed by atoms with Crippen molar-refractivity contribution in [1.29, 1.82) is 0 Å². The van der Waals surface area contributed by atoms with E-state index in [-0.39, 0.29) is 25.6 Å². The SMILES string of the molecule is C=CCOC(=O)[C@@H](N)C(OCc1ccccc1)C(=O)O.Cl. The quantitative estimate of drug-likeness (QED) is 0.551. The van der Waals surface area contributed by atoms with Crippen molar-refractivity contribution in [3.63, 3.8) is 0 Å². The maximum Gasteiger partial charge on any atom is 0.335 e. The Kier molecular flexibility index (Phi) is 9.03. The topological polar surface area (TPSA) is 98.9 Å². The lowest BCUT2D eigenvalue weighted by molar-refractivity contribution is -0.162. The fraction of sp³-hybridized carbons (Fsp3) is 0.286. The zero-order valence-electron chi connectivity index (χ0n) is 11.3. The van der Waals surface area contributed by atoms with E-state index in [0.29, 0.717) is 0 Å². The van der Waals surface area contributed by atoms with Gasteiger partial charge in [-0.1, -0.05) is 43.0 Å². The van der Waals surface area contributed by atoms with Gasteiger partial charge in [0, 0.05) is 0 Å². The van der Waals surface area contributed by atoms with E-state index in [2.05, 4.69) is 6.58 Å². The van der Waals surface area contributed by atoms with Gasteiger partial charge in [0.15, 0.2) is 6.10 Å². The van der Waals surface area contributed by atoms with E-state index in [1.165, 1.54) is 6.08 Å². The third kappa shape index (κ3) is 6.40. The van der Waals surface area contributed by atoms with E-state index < -0.39 is 24.1 Å². The van der Waals surface area contributed by atoms with Crippen LogP contribution < -0.4 is 5.73 Å². The molecule has 21 heavy (non-hydrogen) atoms.